The molecule has 11 heavy (non-hydrogen) atoms. The number of nitrogens with zero attached hydrogens (tertiary/aromatic N) is 1. The fourth-order valence-corrected chi connectivity index (χ4v) is 0.540. The van der Waals surface area contributed by atoms with E-state index in [4.69, 9.17) is 0 Å². The summed E-state index contributed by atoms with van der Waals surface area (Å²) in [6.45, 7) is 2.94. The Bertz CT molecular complexity index is 158. The van der Waals surface area contributed by atoms with E-state index in [1.54, 1.807) is 6.92 Å². The Balaban J connectivity index is 4.09. The predicted molar refractivity (Wildman–Crippen MR) is 38.0 cm³/mol. The second kappa shape index (κ2) is 4.81. The molecule has 0 fully saturated rings. The van der Waals surface area contributed by atoms with E-state index in [2.05, 4.69) is 10.4 Å². The van der Waals surface area contributed by atoms with Gasteiger partial charge in [0, 0.05) is 13.3 Å². The fourth-order valence-electron chi connectivity index (χ4n) is 0.540. The summed E-state index contributed by atoms with van der Waals surface area (Å²) >= 11 is 0. The molecule has 0 bridgehead atoms. The normalized spacial score (nSPS) is 9.36. The monoisotopic (exact) mass is 160 g/mol. The van der Waals surface area contributed by atoms with Gasteiger partial charge < -0.3 is 0 Å². The van der Waals surface area contributed by atoms with Crippen molar-refractivity contribution in [1.29, 1.82) is 0 Å². The highest BCUT2D eigenvalue weighted by atomic mass is 16.7. The van der Waals surface area contributed by atoms with Crippen molar-refractivity contribution in [2.24, 2.45) is 0 Å². The molecule has 0 saturated heterocycles. The molecule has 64 valence electrons. The van der Waals surface area contributed by atoms with Crippen molar-refractivity contribution in [3.8, 4) is 0 Å². The van der Waals surface area contributed by atoms with Crippen molar-refractivity contribution >= 4 is 11.8 Å². The fraction of sp³-hybridized carbons (Fsp3) is 0.667. The molecule has 0 atom stereocenters. The average molecular weight is 160 g/mol. The molecule has 5 heteroatoms. The Labute approximate surface area is 65.2 Å². The lowest BCUT2D eigenvalue weighted by atomic mass is 10.4. The van der Waals surface area contributed by atoms with Crippen molar-refractivity contribution in [2.75, 3.05) is 7.11 Å². The molecule has 1 N–H and O–H groups in total. The Hall–Kier alpha value is -0.940. The van der Waals surface area contributed by atoms with Gasteiger partial charge in [-0.3, -0.25) is 14.4 Å². The number of hydrogen-bond acceptors (Lipinski definition) is 4. The third-order valence-electron chi connectivity index (χ3n) is 1.05. The number of imide groups is 1. The van der Waals surface area contributed by atoms with Crippen molar-refractivity contribution in [3.05, 3.63) is 0 Å². The minimum Gasteiger partial charge on any atom is -0.285 e. The third-order valence-corrected chi connectivity index (χ3v) is 1.05. The maximum absolute atomic E-state index is 10.9. The van der Waals surface area contributed by atoms with Gasteiger partial charge in [0.05, 0.1) is 7.11 Å². The molecule has 0 aromatic carbocycles. The lowest BCUT2D eigenvalue weighted by Gasteiger charge is -2.16. The van der Waals surface area contributed by atoms with Gasteiger partial charge in [0.2, 0.25) is 11.8 Å². The van der Waals surface area contributed by atoms with Gasteiger partial charge in [-0.2, -0.15) is 5.01 Å². The van der Waals surface area contributed by atoms with E-state index in [-0.39, 0.29) is 12.3 Å². The van der Waals surface area contributed by atoms with Crippen LogP contribution in [-0.2, 0) is 14.4 Å². The second-order valence-electron chi connectivity index (χ2n) is 1.90. The zero-order chi connectivity index (χ0) is 8.85. The standard InChI is InChI=1S/C6H12N2O3/c1-4-6(10)8(5(2)9)7-11-3/h7H,4H2,1-3H3. The number of hydrazine groups is 1. The highest BCUT2D eigenvalue weighted by Gasteiger charge is 2.14. The van der Waals surface area contributed by atoms with Crippen molar-refractivity contribution in [1.82, 2.24) is 10.6 Å². The van der Waals surface area contributed by atoms with E-state index in [1.807, 2.05) is 0 Å². The molecule has 0 heterocycles. The predicted octanol–water partition coefficient (Wildman–Crippen LogP) is -0.163. The second-order valence-corrected chi connectivity index (χ2v) is 1.90. The van der Waals surface area contributed by atoms with Gasteiger partial charge >= 0.3 is 0 Å². The molecule has 5 nitrogen and oxygen atoms in total. The summed E-state index contributed by atoms with van der Waals surface area (Å²) in [5.74, 6) is -0.710. The van der Waals surface area contributed by atoms with Crippen LogP contribution in [0.25, 0.3) is 0 Å². The van der Waals surface area contributed by atoms with Crippen molar-refractivity contribution in [2.45, 2.75) is 20.3 Å². The highest BCUT2D eigenvalue weighted by Crippen LogP contribution is 1.89. The topological polar surface area (TPSA) is 58.6 Å². The molecule has 0 radical (unpaired) electrons. The summed E-state index contributed by atoms with van der Waals surface area (Å²) in [7, 11) is 1.33. The number of hydrogen-bond donors (Lipinski definition) is 1. The molecule has 0 aliphatic rings. The number of carbonyl (C=O) groups excluding carboxylic acids is 2. The molecule has 0 aliphatic carbocycles. The molecule has 0 rings (SSSR count). The van der Waals surface area contributed by atoms with Crippen molar-refractivity contribution < 1.29 is 14.4 Å². The summed E-state index contributed by atoms with van der Waals surface area (Å²) in [6.07, 6.45) is 0.260. The quantitative estimate of drug-likeness (QED) is 0.583. The van der Waals surface area contributed by atoms with Crippen LogP contribution in [0.1, 0.15) is 20.3 Å². The Morgan fingerprint density at radius 2 is 2.09 bits per heavy atom. The molecule has 2 amide bonds. The van der Waals surface area contributed by atoms with Gasteiger partial charge in [-0.15, -0.1) is 5.59 Å². The summed E-state index contributed by atoms with van der Waals surface area (Å²) in [5, 5.41) is 0.819. The SMILES string of the molecule is CCC(=O)N(NOC)C(C)=O. The van der Waals surface area contributed by atoms with Gasteiger partial charge in [0.1, 0.15) is 0 Å². The minimum absolute atomic E-state index is 0.260. The van der Waals surface area contributed by atoms with Crippen LogP contribution in [0.5, 0.6) is 0 Å². The largest absolute Gasteiger partial charge is 0.285 e. The van der Waals surface area contributed by atoms with E-state index < -0.39 is 5.91 Å². The smallest absolute Gasteiger partial charge is 0.245 e. The van der Waals surface area contributed by atoms with Gasteiger partial charge in [-0.05, 0) is 0 Å². The minimum atomic E-state index is -0.390. The molecule has 0 aliphatic heterocycles. The Kier molecular flexibility index (Phi) is 4.40. The van der Waals surface area contributed by atoms with Crippen molar-refractivity contribution in [3.63, 3.8) is 0 Å². The van der Waals surface area contributed by atoms with Crippen LogP contribution >= 0.6 is 0 Å². The molecular formula is C6H12N2O3. The van der Waals surface area contributed by atoms with Gasteiger partial charge in [-0.1, -0.05) is 6.92 Å². The Morgan fingerprint density at radius 1 is 1.55 bits per heavy atom. The lowest BCUT2D eigenvalue weighted by molar-refractivity contribution is -0.161. The van der Waals surface area contributed by atoms with E-state index in [1.165, 1.54) is 14.0 Å². The Morgan fingerprint density at radius 3 is 2.36 bits per heavy atom. The molecule has 0 aromatic rings. The average Bonchev–Trinajstić information content (AvgIpc) is 1.98. The van der Waals surface area contributed by atoms with E-state index in [0.29, 0.717) is 0 Å². The zero-order valence-corrected chi connectivity index (χ0v) is 6.88. The van der Waals surface area contributed by atoms with Crippen LogP contribution in [-0.4, -0.2) is 23.9 Å². The first-order valence-electron chi connectivity index (χ1n) is 3.25. The molecule has 0 unspecified atom stereocenters. The number of rotatable bonds is 3. The van der Waals surface area contributed by atoms with Crippen LogP contribution in [0.3, 0.4) is 0 Å². The van der Waals surface area contributed by atoms with Gasteiger partial charge in [0.25, 0.3) is 0 Å². The van der Waals surface area contributed by atoms with E-state index in [0.717, 1.165) is 5.01 Å². The van der Waals surface area contributed by atoms with Crippen LogP contribution in [0.2, 0.25) is 0 Å². The van der Waals surface area contributed by atoms with Crippen LogP contribution in [0, 0.1) is 0 Å². The zero-order valence-electron chi connectivity index (χ0n) is 6.88. The first kappa shape index (κ1) is 10.1. The van der Waals surface area contributed by atoms with E-state index in [9.17, 15) is 9.59 Å². The lowest BCUT2D eigenvalue weighted by Crippen LogP contribution is -2.45. The van der Waals surface area contributed by atoms with Crippen LogP contribution < -0.4 is 5.59 Å². The third kappa shape index (κ3) is 3.10. The highest BCUT2D eigenvalue weighted by molar-refractivity contribution is 5.93. The summed E-state index contributed by atoms with van der Waals surface area (Å²) in [6, 6.07) is 0. The summed E-state index contributed by atoms with van der Waals surface area (Å²) in [5.41, 5.74) is 2.17. The van der Waals surface area contributed by atoms with Gasteiger partial charge in [0.15, 0.2) is 0 Å². The molecule has 0 saturated carbocycles. The first-order chi connectivity index (χ1) is 5.13. The summed E-state index contributed by atoms with van der Waals surface area (Å²) in [4.78, 5) is 26.0. The molecule has 0 aromatic heterocycles. The molecular weight excluding hydrogens is 148 g/mol. The molecule has 0 spiro atoms. The maximum atomic E-state index is 10.9. The number of nitrogens with one attached hydrogen (secondary N) is 1. The summed E-state index contributed by atoms with van der Waals surface area (Å²) < 4.78 is 0. The van der Waals surface area contributed by atoms with Crippen LogP contribution in [0.4, 0.5) is 0 Å². The van der Waals surface area contributed by atoms with E-state index >= 15 is 0 Å². The van der Waals surface area contributed by atoms with Gasteiger partial charge in [-0.25, -0.2) is 0 Å². The maximum Gasteiger partial charge on any atom is 0.245 e. The number of amides is 2. The number of carbonyl (C=O) groups is 2. The first-order valence-corrected chi connectivity index (χ1v) is 3.25. The van der Waals surface area contributed by atoms with Crippen LogP contribution in [0.15, 0.2) is 0 Å².